The van der Waals surface area contributed by atoms with Crippen LogP contribution >= 0.6 is 23.8 Å². The maximum Gasteiger partial charge on any atom is 0.170 e. The minimum atomic E-state index is -0.0398. The lowest BCUT2D eigenvalue weighted by Crippen LogP contribution is -2.36. The average Bonchev–Trinajstić information content (AvgIpc) is 3.27. The summed E-state index contributed by atoms with van der Waals surface area (Å²) in [6.07, 6.45) is 5.49. The lowest BCUT2D eigenvalue weighted by Gasteiger charge is -2.31. The first-order valence-electron chi connectivity index (χ1n) is 8.85. The summed E-state index contributed by atoms with van der Waals surface area (Å²) in [5, 5.41) is 4.82. The molecule has 0 saturated carbocycles. The molecule has 1 fully saturated rings. The van der Waals surface area contributed by atoms with Crippen LogP contribution in [0.25, 0.3) is 5.82 Å². The standard InChI is InChI=1S/C20H20ClN5S/c1-13(2)26-19(18(24-20(26)27)15-6-3-4-10-22-15)16-7-5-11-25(16)17-9-8-14(21)12-23-17/h3-13,18-19H,1-2H3,(H,24,27). The lowest BCUT2D eigenvalue weighted by molar-refractivity contribution is 0.262. The summed E-state index contributed by atoms with van der Waals surface area (Å²) in [6.45, 7) is 4.30. The molecule has 3 aromatic heterocycles. The summed E-state index contributed by atoms with van der Waals surface area (Å²) in [6, 6.07) is 14.1. The van der Waals surface area contributed by atoms with Crippen LogP contribution in [-0.2, 0) is 0 Å². The number of aromatic nitrogens is 3. The lowest BCUT2D eigenvalue weighted by atomic mass is 10.0. The van der Waals surface area contributed by atoms with Gasteiger partial charge in [-0.3, -0.25) is 4.98 Å². The minimum Gasteiger partial charge on any atom is -0.352 e. The summed E-state index contributed by atoms with van der Waals surface area (Å²) in [5.41, 5.74) is 2.06. The van der Waals surface area contributed by atoms with Gasteiger partial charge in [0, 0.05) is 30.3 Å². The first kappa shape index (κ1) is 17.9. The van der Waals surface area contributed by atoms with Crippen molar-refractivity contribution in [1.29, 1.82) is 0 Å². The van der Waals surface area contributed by atoms with Crippen LogP contribution in [0.4, 0.5) is 0 Å². The molecule has 0 bridgehead atoms. The zero-order valence-corrected chi connectivity index (χ0v) is 16.7. The molecule has 1 N–H and O–H groups in total. The molecule has 1 aliphatic heterocycles. The van der Waals surface area contributed by atoms with E-state index in [9.17, 15) is 0 Å². The number of rotatable bonds is 4. The minimum absolute atomic E-state index is 0.000113. The van der Waals surface area contributed by atoms with E-state index in [2.05, 4.69) is 44.7 Å². The molecule has 2 unspecified atom stereocenters. The van der Waals surface area contributed by atoms with E-state index in [1.54, 1.807) is 6.20 Å². The fraction of sp³-hybridized carbons (Fsp3) is 0.250. The van der Waals surface area contributed by atoms with Crippen molar-refractivity contribution in [2.24, 2.45) is 0 Å². The maximum atomic E-state index is 6.01. The van der Waals surface area contributed by atoms with Crippen molar-refractivity contribution in [3.05, 3.63) is 77.5 Å². The normalized spacial score (nSPS) is 19.6. The molecule has 1 saturated heterocycles. The second-order valence-electron chi connectivity index (χ2n) is 6.77. The smallest absolute Gasteiger partial charge is 0.170 e. The molecule has 27 heavy (non-hydrogen) atoms. The molecule has 2 atom stereocenters. The molecule has 5 nitrogen and oxygen atoms in total. The van der Waals surface area contributed by atoms with Gasteiger partial charge in [0.05, 0.1) is 22.8 Å². The fourth-order valence-corrected chi connectivity index (χ4v) is 4.16. The molecule has 0 aromatic carbocycles. The summed E-state index contributed by atoms with van der Waals surface area (Å²) in [7, 11) is 0. The van der Waals surface area contributed by atoms with E-state index in [1.165, 1.54) is 0 Å². The molecule has 0 radical (unpaired) electrons. The number of hydrogen-bond acceptors (Lipinski definition) is 3. The fourth-order valence-electron chi connectivity index (χ4n) is 3.59. The third-order valence-electron chi connectivity index (χ3n) is 4.73. The topological polar surface area (TPSA) is 46.0 Å². The van der Waals surface area contributed by atoms with Crippen LogP contribution < -0.4 is 5.32 Å². The average molecular weight is 398 g/mol. The predicted molar refractivity (Wildman–Crippen MR) is 111 cm³/mol. The van der Waals surface area contributed by atoms with Gasteiger partial charge in [-0.25, -0.2) is 4.98 Å². The molecule has 0 spiro atoms. The Labute approximate surface area is 169 Å². The zero-order valence-electron chi connectivity index (χ0n) is 15.1. The number of hydrogen-bond donors (Lipinski definition) is 1. The Morgan fingerprint density at radius 2 is 1.96 bits per heavy atom. The van der Waals surface area contributed by atoms with Crippen LogP contribution in [0.5, 0.6) is 0 Å². The van der Waals surface area contributed by atoms with E-state index in [4.69, 9.17) is 23.8 Å². The number of pyridine rings is 2. The summed E-state index contributed by atoms with van der Waals surface area (Å²) < 4.78 is 2.09. The maximum absolute atomic E-state index is 6.01. The van der Waals surface area contributed by atoms with Crippen LogP contribution in [0.3, 0.4) is 0 Å². The van der Waals surface area contributed by atoms with Crippen molar-refractivity contribution in [1.82, 2.24) is 24.8 Å². The van der Waals surface area contributed by atoms with Gasteiger partial charge in [-0.05, 0) is 62.5 Å². The Morgan fingerprint density at radius 1 is 1.11 bits per heavy atom. The molecule has 3 aromatic rings. The Kier molecular flexibility index (Phi) is 4.85. The van der Waals surface area contributed by atoms with E-state index in [0.29, 0.717) is 5.02 Å². The van der Waals surface area contributed by atoms with Crippen molar-refractivity contribution in [3.8, 4) is 5.82 Å². The van der Waals surface area contributed by atoms with Crippen molar-refractivity contribution >= 4 is 28.9 Å². The highest BCUT2D eigenvalue weighted by atomic mass is 35.5. The molecular weight excluding hydrogens is 378 g/mol. The van der Waals surface area contributed by atoms with Gasteiger partial charge in [0.1, 0.15) is 5.82 Å². The first-order valence-corrected chi connectivity index (χ1v) is 9.64. The molecule has 0 aliphatic carbocycles. The Bertz CT molecular complexity index is 939. The Balaban J connectivity index is 1.82. The van der Waals surface area contributed by atoms with Gasteiger partial charge in [-0.15, -0.1) is 0 Å². The Morgan fingerprint density at radius 3 is 2.63 bits per heavy atom. The van der Waals surface area contributed by atoms with Gasteiger partial charge in [-0.2, -0.15) is 0 Å². The second-order valence-corrected chi connectivity index (χ2v) is 7.59. The quantitative estimate of drug-likeness (QED) is 0.665. The van der Waals surface area contributed by atoms with Gasteiger partial charge in [0.25, 0.3) is 0 Å². The molecule has 138 valence electrons. The van der Waals surface area contributed by atoms with Crippen LogP contribution in [-0.4, -0.2) is 30.6 Å². The van der Waals surface area contributed by atoms with Crippen molar-refractivity contribution < 1.29 is 0 Å². The van der Waals surface area contributed by atoms with Gasteiger partial charge < -0.3 is 14.8 Å². The van der Waals surface area contributed by atoms with Crippen molar-refractivity contribution in [2.75, 3.05) is 0 Å². The molecule has 4 rings (SSSR count). The molecule has 0 amide bonds. The van der Waals surface area contributed by atoms with Gasteiger partial charge in [0.15, 0.2) is 5.11 Å². The summed E-state index contributed by atoms with van der Waals surface area (Å²) >= 11 is 11.7. The highest BCUT2D eigenvalue weighted by Gasteiger charge is 2.42. The monoisotopic (exact) mass is 397 g/mol. The molecule has 7 heteroatoms. The zero-order chi connectivity index (χ0) is 19.0. The molecular formula is C20H20ClN5S. The Hall–Kier alpha value is -2.44. The number of halogens is 1. The number of nitrogens with zero attached hydrogens (tertiary/aromatic N) is 4. The third-order valence-corrected chi connectivity index (χ3v) is 5.29. The van der Waals surface area contributed by atoms with Gasteiger partial charge >= 0.3 is 0 Å². The van der Waals surface area contributed by atoms with Crippen molar-refractivity contribution in [2.45, 2.75) is 32.0 Å². The number of thiocarbonyl (C=S) groups is 1. The van der Waals surface area contributed by atoms with Crippen LogP contribution in [0.2, 0.25) is 5.02 Å². The van der Waals surface area contributed by atoms with Crippen LogP contribution in [0.15, 0.2) is 61.1 Å². The SMILES string of the molecule is CC(C)N1C(=S)NC(c2ccccn2)C1c1cccn1-c1ccc(Cl)cn1. The first-order chi connectivity index (χ1) is 13.1. The largest absolute Gasteiger partial charge is 0.352 e. The van der Waals surface area contributed by atoms with Crippen LogP contribution in [0.1, 0.15) is 37.3 Å². The van der Waals surface area contributed by atoms with Crippen LogP contribution in [0, 0.1) is 0 Å². The van der Waals surface area contributed by atoms with E-state index >= 15 is 0 Å². The second kappa shape index (κ2) is 7.29. The highest BCUT2D eigenvalue weighted by Crippen LogP contribution is 2.40. The summed E-state index contributed by atoms with van der Waals surface area (Å²) in [4.78, 5) is 11.3. The molecule has 1 aliphatic rings. The van der Waals surface area contributed by atoms with Gasteiger partial charge in [-0.1, -0.05) is 17.7 Å². The van der Waals surface area contributed by atoms with E-state index in [-0.39, 0.29) is 18.1 Å². The highest BCUT2D eigenvalue weighted by molar-refractivity contribution is 7.80. The molecule has 4 heterocycles. The van der Waals surface area contributed by atoms with Crippen molar-refractivity contribution in [3.63, 3.8) is 0 Å². The summed E-state index contributed by atoms with van der Waals surface area (Å²) in [5.74, 6) is 0.820. The predicted octanol–water partition coefficient (Wildman–Crippen LogP) is 4.30. The third kappa shape index (κ3) is 3.31. The number of nitrogens with one attached hydrogen (secondary N) is 1. The van der Waals surface area contributed by atoms with E-state index < -0.39 is 0 Å². The van der Waals surface area contributed by atoms with E-state index in [0.717, 1.165) is 22.3 Å². The van der Waals surface area contributed by atoms with Gasteiger partial charge in [0.2, 0.25) is 0 Å². The van der Waals surface area contributed by atoms with E-state index in [1.807, 2.05) is 48.8 Å².